The minimum atomic E-state index is -2.95. The van der Waals surface area contributed by atoms with Crippen molar-refractivity contribution in [3.63, 3.8) is 0 Å². The lowest BCUT2D eigenvalue weighted by Gasteiger charge is -2.16. The first-order chi connectivity index (χ1) is 8.37. The lowest BCUT2D eigenvalue weighted by molar-refractivity contribution is 0.144. The average molecular weight is 272 g/mol. The van der Waals surface area contributed by atoms with E-state index in [2.05, 4.69) is 0 Å². The predicted octanol–water partition coefficient (Wildman–Crippen LogP) is 1.99. The molecule has 1 saturated heterocycles. The standard InChI is InChI=1S/C13H17FO3S/c1-9-2-3-12(14)11(6-9)13(15)7-10-4-5-18(16,17)8-10/h2-3,6,10,13,15H,4-5,7-8H2,1H3. The van der Waals surface area contributed by atoms with Gasteiger partial charge in [0.25, 0.3) is 0 Å². The van der Waals surface area contributed by atoms with Crippen LogP contribution in [-0.4, -0.2) is 25.0 Å². The molecule has 0 radical (unpaired) electrons. The number of hydrogen-bond donors (Lipinski definition) is 1. The Morgan fingerprint density at radius 3 is 2.83 bits per heavy atom. The molecule has 1 heterocycles. The molecule has 3 nitrogen and oxygen atoms in total. The van der Waals surface area contributed by atoms with Gasteiger partial charge in [-0.15, -0.1) is 0 Å². The largest absolute Gasteiger partial charge is 0.388 e. The normalized spacial score (nSPS) is 24.1. The van der Waals surface area contributed by atoms with Gasteiger partial charge in [0.05, 0.1) is 17.6 Å². The van der Waals surface area contributed by atoms with Crippen molar-refractivity contribution in [2.45, 2.75) is 25.9 Å². The van der Waals surface area contributed by atoms with E-state index >= 15 is 0 Å². The van der Waals surface area contributed by atoms with E-state index in [4.69, 9.17) is 0 Å². The molecule has 2 unspecified atom stereocenters. The molecule has 2 atom stereocenters. The Morgan fingerprint density at radius 1 is 1.50 bits per heavy atom. The smallest absolute Gasteiger partial charge is 0.150 e. The number of hydrogen-bond acceptors (Lipinski definition) is 3. The molecular formula is C13H17FO3S. The molecular weight excluding hydrogens is 255 g/mol. The first-order valence-electron chi connectivity index (χ1n) is 6.02. The van der Waals surface area contributed by atoms with Crippen LogP contribution in [0.5, 0.6) is 0 Å². The lowest BCUT2D eigenvalue weighted by atomic mass is 9.95. The zero-order valence-corrected chi connectivity index (χ0v) is 11.1. The predicted molar refractivity (Wildman–Crippen MR) is 67.5 cm³/mol. The van der Waals surface area contributed by atoms with Crippen molar-refractivity contribution < 1.29 is 17.9 Å². The zero-order chi connectivity index (χ0) is 13.3. The van der Waals surface area contributed by atoms with Crippen molar-refractivity contribution in [2.24, 2.45) is 5.92 Å². The van der Waals surface area contributed by atoms with Gasteiger partial charge in [-0.25, -0.2) is 12.8 Å². The van der Waals surface area contributed by atoms with E-state index in [1.54, 1.807) is 12.1 Å². The minimum absolute atomic E-state index is 0.0649. The van der Waals surface area contributed by atoms with E-state index in [0.29, 0.717) is 12.8 Å². The Bertz CT molecular complexity index is 539. The summed E-state index contributed by atoms with van der Waals surface area (Å²) in [7, 11) is -2.95. The summed E-state index contributed by atoms with van der Waals surface area (Å²) in [4.78, 5) is 0. The Labute approximate surface area is 107 Å². The SMILES string of the molecule is Cc1ccc(F)c(C(O)CC2CCS(=O)(=O)C2)c1. The van der Waals surface area contributed by atoms with Crippen molar-refractivity contribution in [1.82, 2.24) is 0 Å². The topological polar surface area (TPSA) is 54.4 Å². The summed E-state index contributed by atoms with van der Waals surface area (Å²) in [5.74, 6) is -0.211. The maximum Gasteiger partial charge on any atom is 0.150 e. The summed E-state index contributed by atoms with van der Waals surface area (Å²) in [5.41, 5.74) is 1.14. The third kappa shape index (κ3) is 3.09. The van der Waals surface area contributed by atoms with Crippen LogP contribution in [0.1, 0.15) is 30.1 Å². The van der Waals surface area contributed by atoms with Gasteiger partial charge in [-0.05, 0) is 31.7 Å². The zero-order valence-electron chi connectivity index (χ0n) is 10.3. The molecule has 1 aromatic carbocycles. The number of aryl methyl sites for hydroxylation is 1. The van der Waals surface area contributed by atoms with Gasteiger partial charge in [0, 0.05) is 5.56 Å². The van der Waals surface area contributed by atoms with E-state index in [9.17, 15) is 17.9 Å². The molecule has 1 fully saturated rings. The second-order valence-corrected chi connectivity index (χ2v) is 7.27. The second-order valence-electron chi connectivity index (χ2n) is 5.05. The highest BCUT2D eigenvalue weighted by Crippen LogP contribution is 2.30. The fraction of sp³-hybridized carbons (Fsp3) is 0.538. The second kappa shape index (κ2) is 4.97. The van der Waals surface area contributed by atoms with Crippen LogP contribution in [0.25, 0.3) is 0 Å². The van der Waals surface area contributed by atoms with Crippen LogP contribution in [0, 0.1) is 18.7 Å². The van der Waals surface area contributed by atoms with Gasteiger partial charge in [0.2, 0.25) is 0 Å². The van der Waals surface area contributed by atoms with Crippen molar-refractivity contribution in [1.29, 1.82) is 0 Å². The molecule has 0 spiro atoms. The molecule has 0 aliphatic carbocycles. The third-order valence-corrected chi connectivity index (χ3v) is 5.23. The van der Waals surface area contributed by atoms with E-state index < -0.39 is 21.8 Å². The number of aliphatic hydroxyl groups excluding tert-OH is 1. The van der Waals surface area contributed by atoms with Gasteiger partial charge >= 0.3 is 0 Å². The van der Waals surface area contributed by atoms with Gasteiger partial charge in [0.1, 0.15) is 5.82 Å². The van der Waals surface area contributed by atoms with Crippen LogP contribution >= 0.6 is 0 Å². The summed E-state index contributed by atoms with van der Waals surface area (Å²) < 4.78 is 36.2. The Kier molecular flexibility index (Phi) is 3.73. The van der Waals surface area contributed by atoms with Crippen LogP contribution in [0.15, 0.2) is 18.2 Å². The quantitative estimate of drug-likeness (QED) is 0.915. The molecule has 0 aromatic heterocycles. The number of benzene rings is 1. The van der Waals surface area contributed by atoms with Crippen molar-refractivity contribution in [3.05, 3.63) is 35.1 Å². The van der Waals surface area contributed by atoms with E-state index in [1.165, 1.54) is 6.07 Å². The van der Waals surface area contributed by atoms with Gasteiger partial charge in [-0.2, -0.15) is 0 Å². The highest BCUT2D eigenvalue weighted by atomic mass is 32.2. The van der Waals surface area contributed by atoms with Crippen molar-refractivity contribution in [2.75, 3.05) is 11.5 Å². The molecule has 0 saturated carbocycles. The van der Waals surface area contributed by atoms with Gasteiger partial charge in [-0.3, -0.25) is 0 Å². The first kappa shape index (κ1) is 13.5. The number of sulfone groups is 1. The van der Waals surface area contributed by atoms with Crippen LogP contribution in [0.2, 0.25) is 0 Å². The maximum absolute atomic E-state index is 13.6. The third-order valence-electron chi connectivity index (χ3n) is 3.39. The molecule has 0 amide bonds. The molecule has 1 aromatic rings. The van der Waals surface area contributed by atoms with Crippen LogP contribution in [-0.2, 0) is 9.84 Å². The van der Waals surface area contributed by atoms with Crippen LogP contribution in [0.3, 0.4) is 0 Å². The van der Waals surface area contributed by atoms with Gasteiger partial charge < -0.3 is 5.11 Å². The van der Waals surface area contributed by atoms with Crippen LogP contribution < -0.4 is 0 Å². The highest BCUT2D eigenvalue weighted by Gasteiger charge is 2.30. The number of halogens is 1. The molecule has 5 heteroatoms. The summed E-state index contributed by atoms with van der Waals surface area (Å²) >= 11 is 0. The molecule has 1 aliphatic heterocycles. The summed E-state index contributed by atoms with van der Waals surface area (Å²) in [6, 6.07) is 4.59. The first-order valence-corrected chi connectivity index (χ1v) is 7.84. The van der Waals surface area contributed by atoms with Crippen molar-refractivity contribution in [3.8, 4) is 0 Å². The van der Waals surface area contributed by atoms with E-state index in [1.807, 2.05) is 6.92 Å². The Morgan fingerprint density at radius 2 is 2.22 bits per heavy atom. The number of aliphatic hydroxyl groups is 1. The van der Waals surface area contributed by atoms with Crippen molar-refractivity contribution >= 4 is 9.84 Å². The fourth-order valence-corrected chi connectivity index (χ4v) is 4.30. The Balaban J connectivity index is 2.08. The molecule has 1 aliphatic rings. The fourth-order valence-electron chi connectivity index (χ4n) is 2.42. The molecule has 18 heavy (non-hydrogen) atoms. The molecule has 0 bridgehead atoms. The summed E-state index contributed by atoms with van der Waals surface area (Å²) in [6.45, 7) is 1.83. The van der Waals surface area contributed by atoms with E-state index in [-0.39, 0.29) is 23.0 Å². The maximum atomic E-state index is 13.6. The van der Waals surface area contributed by atoms with Gasteiger partial charge in [0.15, 0.2) is 9.84 Å². The minimum Gasteiger partial charge on any atom is -0.388 e. The van der Waals surface area contributed by atoms with Crippen LogP contribution in [0.4, 0.5) is 4.39 Å². The summed E-state index contributed by atoms with van der Waals surface area (Å²) in [6.07, 6.45) is -0.0601. The van der Waals surface area contributed by atoms with E-state index in [0.717, 1.165) is 5.56 Å². The number of rotatable bonds is 3. The molecule has 1 N–H and O–H groups in total. The molecule has 100 valence electrons. The highest BCUT2D eigenvalue weighted by molar-refractivity contribution is 7.91. The monoisotopic (exact) mass is 272 g/mol. The molecule has 2 rings (SSSR count). The average Bonchev–Trinajstić information content (AvgIpc) is 2.61. The summed E-state index contributed by atoms with van der Waals surface area (Å²) in [5, 5.41) is 10.0. The van der Waals surface area contributed by atoms with Gasteiger partial charge in [-0.1, -0.05) is 17.7 Å². The Hall–Kier alpha value is -0.940. The lowest BCUT2D eigenvalue weighted by Crippen LogP contribution is -2.10.